The molecule has 1 N–H and O–H groups in total. The molecule has 2 saturated heterocycles. The van der Waals surface area contributed by atoms with Crippen molar-refractivity contribution in [1.29, 1.82) is 0 Å². The zero-order valence-electron chi connectivity index (χ0n) is 20.7. The second-order valence-corrected chi connectivity index (χ2v) is 9.53. The predicted octanol–water partition coefficient (Wildman–Crippen LogP) is 3.14. The van der Waals surface area contributed by atoms with Crippen LogP contribution in [-0.2, 0) is 17.9 Å². The summed E-state index contributed by atoms with van der Waals surface area (Å²) in [6, 6.07) is 14.0. The molecule has 0 bridgehead atoms. The molecule has 3 heterocycles. The summed E-state index contributed by atoms with van der Waals surface area (Å²) >= 11 is 0. The number of methoxy groups -OCH3 is 2. The van der Waals surface area contributed by atoms with Crippen LogP contribution < -0.4 is 9.47 Å². The van der Waals surface area contributed by atoms with Crippen LogP contribution in [-0.4, -0.2) is 84.1 Å². The first-order valence-corrected chi connectivity index (χ1v) is 12.5. The van der Waals surface area contributed by atoms with E-state index in [0.29, 0.717) is 5.91 Å². The highest BCUT2D eigenvalue weighted by molar-refractivity contribution is 5.79. The predicted molar refractivity (Wildman–Crippen MR) is 135 cm³/mol. The van der Waals surface area contributed by atoms with Crippen molar-refractivity contribution in [2.24, 2.45) is 5.92 Å². The Kier molecular flexibility index (Phi) is 7.20. The molecule has 2 fully saturated rings. The highest BCUT2D eigenvalue weighted by Crippen LogP contribution is 2.26. The van der Waals surface area contributed by atoms with Gasteiger partial charge in [-0.3, -0.25) is 14.6 Å². The summed E-state index contributed by atoms with van der Waals surface area (Å²) < 4.78 is 10.9. The number of nitrogens with one attached hydrogen (secondary N) is 1. The van der Waals surface area contributed by atoms with E-state index in [0.717, 1.165) is 99.1 Å². The smallest absolute Gasteiger partial charge is 0.225 e. The van der Waals surface area contributed by atoms with Crippen molar-refractivity contribution in [1.82, 2.24) is 24.7 Å². The van der Waals surface area contributed by atoms with Crippen LogP contribution in [0.25, 0.3) is 11.0 Å². The number of rotatable bonds is 7. The monoisotopic (exact) mass is 477 g/mol. The Labute approximate surface area is 206 Å². The molecule has 0 atom stereocenters. The molecule has 0 radical (unpaired) electrons. The number of amides is 1. The summed E-state index contributed by atoms with van der Waals surface area (Å²) in [6.45, 7) is 6.78. The number of aromatic nitrogens is 2. The number of para-hydroxylation sites is 2. The molecule has 0 saturated carbocycles. The van der Waals surface area contributed by atoms with E-state index in [1.165, 1.54) is 0 Å². The third-order valence-corrected chi connectivity index (χ3v) is 7.31. The lowest BCUT2D eigenvalue weighted by molar-refractivity contribution is -0.139. The number of piperidine rings is 1. The maximum Gasteiger partial charge on any atom is 0.225 e. The number of likely N-dealkylation sites (tertiary alicyclic amines) is 1. The van der Waals surface area contributed by atoms with Gasteiger partial charge in [0, 0.05) is 44.2 Å². The number of imidazole rings is 1. The van der Waals surface area contributed by atoms with Crippen LogP contribution in [0.5, 0.6) is 11.5 Å². The van der Waals surface area contributed by atoms with E-state index < -0.39 is 0 Å². The Hall–Kier alpha value is -3.10. The van der Waals surface area contributed by atoms with Crippen LogP contribution >= 0.6 is 0 Å². The van der Waals surface area contributed by atoms with E-state index in [2.05, 4.69) is 25.8 Å². The van der Waals surface area contributed by atoms with Crippen molar-refractivity contribution in [2.45, 2.75) is 25.9 Å². The normalized spacial score (nSPS) is 18.2. The van der Waals surface area contributed by atoms with Gasteiger partial charge in [-0.1, -0.05) is 12.1 Å². The molecule has 8 nitrogen and oxygen atoms in total. The summed E-state index contributed by atoms with van der Waals surface area (Å²) in [6.07, 6.45) is 1.83. The summed E-state index contributed by atoms with van der Waals surface area (Å²) in [5.74, 6) is 3.17. The van der Waals surface area contributed by atoms with Crippen LogP contribution in [0.15, 0.2) is 42.5 Å². The number of piperazine rings is 1. The lowest BCUT2D eigenvalue weighted by Crippen LogP contribution is -2.51. The van der Waals surface area contributed by atoms with Gasteiger partial charge in [-0.2, -0.15) is 0 Å². The van der Waals surface area contributed by atoms with Gasteiger partial charge in [0.05, 0.1) is 31.8 Å². The van der Waals surface area contributed by atoms with Crippen LogP contribution in [0.4, 0.5) is 0 Å². The average Bonchev–Trinajstić information content (AvgIpc) is 3.31. The number of ether oxygens (including phenoxy) is 2. The molecule has 1 amide bonds. The number of benzene rings is 2. The van der Waals surface area contributed by atoms with Gasteiger partial charge in [-0.05, 0) is 56.3 Å². The number of carbonyl (C=O) groups is 1. The van der Waals surface area contributed by atoms with Gasteiger partial charge in [0.2, 0.25) is 5.91 Å². The first kappa shape index (κ1) is 23.6. The Morgan fingerprint density at radius 3 is 2.40 bits per heavy atom. The minimum atomic E-state index is 0.131. The summed E-state index contributed by atoms with van der Waals surface area (Å²) in [5.41, 5.74) is 3.21. The number of H-pyrrole nitrogens is 1. The first-order chi connectivity index (χ1) is 17.1. The molecule has 5 rings (SSSR count). The average molecular weight is 478 g/mol. The molecule has 2 aromatic carbocycles. The summed E-state index contributed by atoms with van der Waals surface area (Å²) in [4.78, 5) is 28.2. The van der Waals surface area contributed by atoms with E-state index in [4.69, 9.17) is 14.5 Å². The van der Waals surface area contributed by atoms with Crippen molar-refractivity contribution < 1.29 is 14.3 Å². The molecule has 35 heavy (non-hydrogen) atoms. The molecule has 2 aliphatic heterocycles. The summed E-state index contributed by atoms with van der Waals surface area (Å²) in [5, 5.41) is 0. The number of hydrogen-bond donors (Lipinski definition) is 1. The van der Waals surface area contributed by atoms with Crippen LogP contribution in [0.1, 0.15) is 24.2 Å². The maximum absolute atomic E-state index is 13.2. The van der Waals surface area contributed by atoms with Crippen LogP contribution in [0.2, 0.25) is 0 Å². The largest absolute Gasteiger partial charge is 0.497 e. The number of nitrogens with zero attached hydrogens (tertiary/aromatic N) is 4. The molecule has 186 valence electrons. The van der Waals surface area contributed by atoms with E-state index in [1.807, 2.05) is 36.4 Å². The Morgan fingerprint density at radius 1 is 0.943 bits per heavy atom. The second kappa shape index (κ2) is 10.7. The SMILES string of the molecule is COc1ccc(OC)c(CN2CCN(C(=O)C3CCN(Cc4nc5ccccc5[nH]4)CC3)CC2)c1. The zero-order chi connectivity index (χ0) is 24.2. The Morgan fingerprint density at radius 2 is 1.69 bits per heavy atom. The second-order valence-electron chi connectivity index (χ2n) is 9.53. The minimum absolute atomic E-state index is 0.131. The number of carbonyl (C=O) groups excluding carboxylic acids is 1. The van der Waals surface area contributed by atoms with Crippen molar-refractivity contribution in [2.75, 3.05) is 53.5 Å². The van der Waals surface area contributed by atoms with Gasteiger partial charge in [0.15, 0.2) is 0 Å². The molecule has 0 spiro atoms. The van der Waals surface area contributed by atoms with Gasteiger partial charge < -0.3 is 19.4 Å². The molecule has 0 unspecified atom stereocenters. The molecular formula is C27H35N5O3. The first-order valence-electron chi connectivity index (χ1n) is 12.5. The topological polar surface area (TPSA) is 73.9 Å². The number of aromatic amines is 1. The fourth-order valence-electron chi connectivity index (χ4n) is 5.26. The molecule has 1 aromatic heterocycles. The lowest BCUT2D eigenvalue weighted by atomic mass is 9.95. The fraction of sp³-hybridized carbons (Fsp3) is 0.481. The highest BCUT2D eigenvalue weighted by atomic mass is 16.5. The van der Waals surface area contributed by atoms with Gasteiger partial charge in [0.1, 0.15) is 17.3 Å². The van der Waals surface area contributed by atoms with E-state index in [1.54, 1.807) is 14.2 Å². The fourth-order valence-corrected chi connectivity index (χ4v) is 5.26. The van der Waals surface area contributed by atoms with Gasteiger partial charge in [0.25, 0.3) is 0 Å². The van der Waals surface area contributed by atoms with E-state index >= 15 is 0 Å². The minimum Gasteiger partial charge on any atom is -0.497 e. The van der Waals surface area contributed by atoms with E-state index in [9.17, 15) is 4.79 Å². The molecule has 2 aliphatic rings. The van der Waals surface area contributed by atoms with Crippen molar-refractivity contribution >= 4 is 16.9 Å². The highest BCUT2D eigenvalue weighted by Gasteiger charge is 2.30. The van der Waals surface area contributed by atoms with Crippen LogP contribution in [0.3, 0.4) is 0 Å². The molecule has 0 aliphatic carbocycles. The van der Waals surface area contributed by atoms with E-state index in [-0.39, 0.29) is 5.92 Å². The molecule has 3 aromatic rings. The van der Waals surface area contributed by atoms with Crippen molar-refractivity contribution in [3.63, 3.8) is 0 Å². The third-order valence-electron chi connectivity index (χ3n) is 7.31. The molecule has 8 heteroatoms. The van der Waals surface area contributed by atoms with Crippen LogP contribution in [0, 0.1) is 5.92 Å². The zero-order valence-corrected chi connectivity index (χ0v) is 20.7. The van der Waals surface area contributed by atoms with Crippen molar-refractivity contribution in [3.8, 4) is 11.5 Å². The quantitative estimate of drug-likeness (QED) is 0.564. The van der Waals surface area contributed by atoms with Gasteiger partial charge in [-0.25, -0.2) is 4.98 Å². The lowest BCUT2D eigenvalue weighted by Gasteiger charge is -2.38. The maximum atomic E-state index is 13.2. The van der Waals surface area contributed by atoms with Crippen molar-refractivity contribution in [3.05, 3.63) is 53.9 Å². The summed E-state index contributed by atoms with van der Waals surface area (Å²) in [7, 11) is 3.38. The number of fused-ring (bicyclic) bond motifs is 1. The Balaban J connectivity index is 1.09. The Bertz CT molecular complexity index is 1110. The number of hydrogen-bond acceptors (Lipinski definition) is 6. The standard InChI is InChI=1S/C27H35N5O3/c1-34-22-7-8-25(35-2)21(17-22)18-31-13-15-32(16-14-31)27(33)20-9-11-30(12-10-20)19-26-28-23-5-3-4-6-24(23)29-26/h3-8,17,20H,9-16,18-19H2,1-2H3,(H,28,29). The third kappa shape index (κ3) is 5.44. The van der Waals surface area contributed by atoms with Gasteiger partial charge >= 0.3 is 0 Å². The van der Waals surface area contributed by atoms with Gasteiger partial charge in [-0.15, -0.1) is 0 Å². The molecular weight excluding hydrogens is 442 g/mol.